The molecule has 0 heterocycles. The maximum atomic E-state index is 12.1. The van der Waals surface area contributed by atoms with Crippen molar-refractivity contribution in [1.82, 2.24) is 0 Å². The molecule has 1 aliphatic rings. The minimum Gasteiger partial charge on any atom is -0.497 e. The Morgan fingerprint density at radius 1 is 1.04 bits per heavy atom. The number of rotatable bonds is 5. The summed E-state index contributed by atoms with van der Waals surface area (Å²) in [5, 5.41) is 2.91. The smallest absolute Gasteiger partial charge is 0.248 e. The van der Waals surface area contributed by atoms with Gasteiger partial charge in [-0.25, -0.2) is 0 Å². The lowest BCUT2D eigenvalue weighted by molar-refractivity contribution is -0.111. The molecule has 0 bridgehead atoms. The number of methoxy groups -OCH3 is 2. The number of benzene rings is 2. The number of hydrogen-bond acceptors (Lipinski definition) is 3. The van der Waals surface area contributed by atoms with Crippen molar-refractivity contribution in [3.8, 4) is 11.5 Å². The van der Waals surface area contributed by atoms with E-state index in [1.54, 1.807) is 26.4 Å². The van der Waals surface area contributed by atoms with Crippen LogP contribution in [0.25, 0.3) is 6.08 Å². The number of carbonyl (C=O) groups excluding carboxylic acids is 1. The average molecular weight is 323 g/mol. The van der Waals surface area contributed by atoms with E-state index in [0.29, 0.717) is 11.5 Å². The number of hydrogen-bond donors (Lipinski definition) is 1. The van der Waals surface area contributed by atoms with Crippen molar-refractivity contribution >= 4 is 17.7 Å². The van der Waals surface area contributed by atoms with Gasteiger partial charge in [0, 0.05) is 23.4 Å². The molecular formula is C20H21NO3. The predicted octanol–water partition coefficient (Wildman–Crippen LogP) is 3.84. The lowest BCUT2D eigenvalue weighted by Crippen LogP contribution is -2.08. The standard InChI is InChI=1S/C20H21NO3/c1-23-18-10-7-15(19(13-18)24-2)8-11-20(22)21-17-9-6-14-4-3-5-16(14)12-17/h6-13H,3-5H2,1-2H3,(H,21,22)/b11-8+. The van der Waals surface area contributed by atoms with Gasteiger partial charge < -0.3 is 14.8 Å². The van der Waals surface area contributed by atoms with Crippen LogP contribution in [0, 0.1) is 0 Å². The van der Waals surface area contributed by atoms with E-state index in [1.165, 1.54) is 23.6 Å². The van der Waals surface area contributed by atoms with Crippen molar-refractivity contribution in [3.05, 3.63) is 59.2 Å². The molecule has 1 aliphatic carbocycles. The van der Waals surface area contributed by atoms with Gasteiger partial charge in [-0.3, -0.25) is 4.79 Å². The highest BCUT2D eigenvalue weighted by Crippen LogP contribution is 2.26. The summed E-state index contributed by atoms with van der Waals surface area (Å²) in [4.78, 5) is 12.1. The van der Waals surface area contributed by atoms with Crippen LogP contribution in [0.5, 0.6) is 11.5 Å². The first kappa shape index (κ1) is 16.1. The van der Waals surface area contributed by atoms with Gasteiger partial charge in [-0.2, -0.15) is 0 Å². The molecule has 24 heavy (non-hydrogen) atoms. The van der Waals surface area contributed by atoms with Gasteiger partial charge in [0.05, 0.1) is 14.2 Å². The van der Waals surface area contributed by atoms with Gasteiger partial charge in [0.1, 0.15) is 11.5 Å². The van der Waals surface area contributed by atoms with Crippen molar-refractivity contribution in [1.29, 1.82) is 0 Å². The Kier molecular flexibility index (Phi) is 4.85. The molecule has 0 aliphatic heterocycles. The van der Waals surface area contributed by atoms with Crippen LogP contribution in [-0.2, 0) is 17.6 Å². The molecule has 1 amide bonds. The largest absolute Gasteiger partial charge is 0.497 e. The Morgan fingerprint density at radius 2 is 1.88 bits per heavy atom. The first-order valence-corrected chi connectivity index (χ1v) is 8.02. The Bertz CT molecular complexity index is 780. The molecule has 0 saturated carbocycles. The van der Waals surface area contributed by atoms with Crippen LogP contribution in [0.15, 0.2) is 42.5 Å². The molecule has 124 valence electrons. The second-order valence-corrected chi connectivity index (χ2v) is 5.77. The zero-order valence-corrected chi connectivity index (χ0v) is 14.0. The lowest BCUT2D eigenvalue weighted by atomic mass is 10.1. The van der Waals surface area contributed by atoms with Crippen molar-refractivity contribution in [2.24, 2.45) is 0 Å². The van der Waals surface area contributed by atoms with Crippen LogP contribution < -0.4 is 14.8 Å². The molecule has 0 aromatic heterocycles. The van der Waals surface area contributed by atoms with Crippen molar-refractivity contribution in [3.63, 3.8) is 0 Å². The van der Waals surface area contributed by atoms with Gasteiger partial charge in [0.2, 0.25) is 5.91 Å². The van der Waals surface area contributed by atoms with Gasteiger partial charge >= 0.3 is 0 Å². The second kappa shape index (κ2) is 7.21. The van der Waals surface area contributed by atoms with E-state index >= 15 is 0 Å². The molecule has 2 aromatic carbocycles. The molecule has 0 atom stereocenters. The first-order valence-electron chi connectivity index (χ1n) is 8.02. The number of amides is 1. The van der Waals surface area contributed by atoms with E-state index in [9.17, 15) is 4.79 Å². The number of nitrogens with one attached hydrogen (secondary N) is 1. The number of anilines is 1. The summed E-state index contributed by atoms with van der Waals surface area (Å²) in [6.07, 6.45) is 6.68. The van der Waals surface area contributed by atoms with Gasteiger partial charge in [-0.1, -0.05) is 6.07 Å². The summed E-state index contributed by atoms with van der Waals surface area (Å²) in [5.41, 5.74) is 4.40. The number of ether oxygens (including phenoxy) is 2. The monoisotopic (exact) mass is 323 g/mol. The number of carbonyl (C=O) groups is 1. The van der Waals surface area contributed by atoms with Gasteiger partial charge in [-0.05, 0) is 60.7 Å². The fraction of sp³-hybridized carbons (Fsp3) is 0.250. The van der Waals surface area contributed by atoms with Gasteiger partial charge in [0.15, 0.2) is 0 Å². The summed E-state index contributed by atoms with van der Waals surface area (Å²) >= 11 is 0. The summed E-state index contributed by atoms with van der Waals surface area (Å²) < 4.78 is 10.5. The fourth-order valence-electron chi connectivity index (χ4n) is 2.96. The van der Waals surface area contributed by atoms with E-state index in [0.717, 1.165) is 24.1 Å². The normalized spacial score (nSPS) is 12.9. The van der Waals surface area contributed by atoms with Crippen LogP contribution in [0.4, 0.5) is 5.69 Å². The minimum atomic E-state index is -0.161. The summed E-state index contributed by atoms with van der Waals surface area (Å²) in [6, 6.07) is 11.6. The van der Waals surface area contributed by atoms with Crippen LogP contribution >= 0.6 is 0 Å². The highest BCUT2D eigenvalue weighted by atomic mass is 16.5. The zero-order valence-electron chi connectivity index (χ0n) is 14.0. The average Bonchev–Trinajstić information content (AvgIpc) is 3.07. The summed E-state index contributed by atoms with van der Waals surface area (Å²) in [6.45, 7) is 0. The SMILES string of the molecule is COc1ccc(/C=C/C(=O)Nc2ccc3c(c2)CCC3)c(OC)c1. The molecule has 0 spiro atoms. The third-order valence-corrected chi connectivity index (χ3v) is 4.22. The Morgan fingerprint density at radius 3 is 2.67 bits per heavy atom. The third kappa shape index (κ3) is 3.59. The van der Waals surface area contributed by atoms with E-state index in [-0.39, 0.29) is 5.91 Å². The topological polar surface area (TPSA) is 47.6 Å². The molecule has 2 aromatic rings. The predicted molar refractivity (Wildman–Crippen MR) is 95.7 cm³/mol. The molecular weight excluding hydrogens is 302 g/mol. The molecule has 0 unspecified atom stereocenters. The summed E-state index contributed by atoms with van der Waals surface area (Å²) in [7, 11) is 3.20. The maximum Gasteiger partial charge on any atom is 0.248 e. The second-order valence-electron chi connectivity index (χ2n) is 5.77. The fourth-order valence-corrected chi connectivity index (χ4v) is 2.96. The first-order chi connectivity index (χ1) is 11.7. The van der Waals surface area contributed by atoms with Crippen molar-refractivity contribution in [2.75, 3.05) is 19.5 Å². The summed E-state index contributed by atoms with van der Waals surface area (Å²) in [5.74, 6) is 1.22. The molecule has 3 rings (SSSR count). The molecule has 4 heteroatoms. The number of fused-ring (bicyclic) bond motifs is 1. The molecule has 4 nitrogen and oxygen atoms in total. The van der Waals surface area contributed by atoms with Gasteiger partial charge in [-0.15, -0.1) is 0 Å². The molecule has 0 saturated heterocycles. The number of aryl methyl sites for hydroxylation is 2. The molecule has 0 radical (unpaired) electrons. The van der Waals surface area contributed by atoms with Crippen LogP contribution in [0.3, 0.4) is 0 Å². The van der Waals surface area contributed by atoms with Crippen LogP contribution in [0.2, 0.25) is 0 Å². The molecule has 1 N–H and O–H groups in total. The Hall–Kier alpha value is -2.75. The van der Waals surface area contributed by atoms with Crippen molar-refractivity contribution in [2.45, 2.75) is 19.3 Å². The zero-order chi connectivity index (χ0) is 16.9. The Balaban J connectivity index is 1.69. The Labute approximate surface area is 142 Å². The third-order valence-electron chi connectivity index (χ3n) is 4.22. The lowest BCUT2D eigenvalue weighted by Gasteiger charge is -2.08. The highest BCUT2D eigenvalue weighted by molar-refractivity contribution is 6.02. The van der Waals surface area contributed by atoms with Crippen LogP contribution in [0.1, 0.15) is 23.1 Å². The molecule has 0 fully saturated rings. The van der Waals surface area contributed by atoms with Gasteiger partial charge in [0.25, 0.3) is 0 Å². The quantitative estimate of drug-likeness (QED) is 0.850. The minimum absolute atomic E-state index is 0.161. The van der Waals surface area contributed by atoms with Crippen molar-refractivity contribution < 1.29 is 14.3 Å². The maximum absolute atomic E-state index is 12.1. The van der Waals surface area contributed by atoms with E-state index < -0.39 is 0 Å². The van der Waals surface area contributed by atoms with Crippen LogP contribution in [-0.4, -0.2) is 20.1 Å². The van der Waals surface area contributed by atoms with E-state index in [2.05, 4.69) is 17.4 Å². The van der Waals surface area contributed by atoms with E-state index in [1.807, 2.05) is 18.2 Å². The van der Waals surface area contributed by atoms with E-state index in [4.69, 9.17) is 9.47 Å². The highest BCUT2D eigenvalue weighted by Gasteiger charge is 2.11.